The maximum absolute atomic E-state index is 13.3. The first-order chi connectivity index (χ1) is 26.9. The van der Waals surface area contributed by atoms with Crippen LogP contribution in [-0.4, -0.2) is 124 Å². The normalized spacial score (nSPS) is 30.5. The highest BCUT2D eigenvalue weighted by Crippen LogP contribution is 2.63. The number of hydrogen-bond donors (Lipinski definition) is 2. The molecule has 57 heavy (non-hydrogen) atoms. The summed E-state index contributed by atoms with van der Waals surface area (Å²) in [5.41, 5.74) is -1.01. The van der Waals surface area contributed by atoms with Gasteiger partial charge in [0.25, 0.3) is 0 Å². The van der Waals surface area contributed by atoms with Gasteiger partial charge in [-0.2, -0.15) is 9.78 Å². The van der Waals surface area contributed by atoms with Gasteiger partial charge in [-0.05, 0) is 88.8 Å². The van der Waals surface area contributed by atoms with E-state index in [1.165, 1.54) is 6.42 Å². The van der Waals surface area contributed by atoms with Crippen LogP contribution in [0.1, 0.15) is 112 Å². The van der Waals surface area contributed by atoms with E-state index in [1.807, 2.05) is 4.90 Å². The van der Waals surface area contributed by atoms with Crippen LogP contribution in [0, 0.1) is 23.7 Å². The minimum absolute atomic E-state index is 0.0218. The smallest absolute Gasteiger partial charge is 0.434 e. The average Bonchev–Trinajstić information content (AvgIpc) is 3.73. The lowest BCUT2D eigenvalue weighted by Gasteiger charge is -2.57. The molecule has 0 radical (unpaired) electrons. The number of likely N-dealkylation sites (tertiary alicyclic amines) is 1. The van der Waals surface area contributed by atoms with Gasteiger partial charge in [-0.1, -0.05) is 20.8 Å². The third-order valence-corrected chi connectivity index (χ3v) is 18.2. The van der Waals surface area contributed by atoms with E-state index in [-0.39, 0.29) is 67.2 Å². The second-order valence-corrected chi connectivity index (χ2v) is 24.4. The van der Waals surface area contributed by atoms with Gasteiger partial charge in [-0.3, -0.25) is 9.59 Å². The fraction of sp³-hybridized carbons (Fsp3) is 0.902. The highest BCUT2D eigenvalue weighted by atomic mass is 28.4. The zero-order chi connectivity index (χ0) is 41.1. The molecule has 7 rings (SSSR count). The first-order valence-corrected chi connectivity index (χ1v) is 24.5. The van der Waals surface area contributed by atoms with E-state index in [2.05, 4.69) is 44.5 Å². The van der Waals surface area contributed by atoms with E-state index >= 15 is 0 Å². The van der Waals surface area contributed by atoms with Crippen LogP contribution in [0.5, 0.6) is 0 Å². The summed E-state index contributed by atoms with van der Waals surface area (Å²) in [5.74, 6) is -0.277. The van der Waals surface area contributed by atoms with Gasteiger partial charge in [-0.15, -0.1) is 0 Å². The number of nitrogens with one attached hydrogen (secondary N) is 2. The molecule has 3 saturated heterocycles. The van der Waals surface area contributed by atoms with E-state index in [0.29, 0.717) is 70.5 Å². The summed E-state index contributed by atoms with van der Waals surface area (Å²) in [6.07, 6.45) is 7.57. The second kappa shape index (κ2) is 18.0. The molecule has 2 N–H and O–H groups in total. The van der Waals surface area contributed by atoms with Crippen LogP contribution in [0.15, 0.2) is 0 Å². The molecule has 7 fully saturated rings. The Morgan fingerprint density at radius 3 is 2.26 bits per heavy atom. The third kappa shape index (κ3) is 11.0. The largest absolute Gasteiger partial charge is 0.508 e. The molecule has 4 bridgehead atoms. The molecule has 0 aromatic rings. The Morgan fingerprint density at radius 1 is 0.947 bits per heavy atom. The first-order valence-electron chi connectivity index (χ1n) is 21.6. The van der Waals surface area contributed by atoms with Gasteiger partial charge in [0.05, 0.1) is 25.9 Å². The van der Waals surface area contributed by atoms with Crippen LogP contribution >= 0.6 is 0 Å². The van der Waals surface area contributed by atoms with Gasteiger partial charge in [0, 0.05) is 76.7 Å². The fourth-order valence-corrected chi connectivity index (χ4v) is 10.7. The molecule has 324 valence electrons. The van der Waals surface area contributed by atoms with E-state index < -0.39 is 37.7 Å². The Hall–Kier alpha value is -2.50. The maximum Gasteiger partial charge on any atom is 0.508 e. The fourth-order valence-electron chi connectivity index (χ4n) is 9.64. The van der Waals surface area contributed by atoms with E-state index in [1.54, 1.807) is 18.7 Å². The summed E-state index contributed by atoms with van der Waals surface area (Å²) in [4.78, 5) is 67.5. The number of nitrogens with zero attached hydrogens (tertiary/aromatic N) is 2. The van der Waals surface area contributed by atoms with Crippen LogP contribution in [-0.2, 0) is 42.7 Å². The van der Waals surface area contributed by atoms with Crippen LogP contribution in [0.3, 0.4) is 0 Å². The molecule has 1 unspecified atom stereocenters. The third-order valence-electron chi connectivity index (χ3n) is 13.7. The molecule has 4 aliphatic carbocycles. The highest BCUT2D eigenvalue weighted by Gasteiger charge is 2.66. The maximum atomic E-state index is 13.3. The minimum Gasteiger partial charge on any atom is -0.434 e. The van der Waals surface area contributed by atoms with Crippen molar-refractivity contribution in [2.45, 2.75) is 153 Å². The molecule has 2 atom stereocenters. The van der Waals surface area contributed by atoms with Crippen molar-refractivity contribution < 1.29 is 52.3 Å². The summed E-state index contributed by atoms with van der Waals surface area (Å²) in [6, 6.07) is -0.627. The summed E-state index contributed by atoms with van der Waals surface area (Å²) >= 11 is 0. The molecule has 3 aliphatic heterocycles. The Balaban J connectivity index is 1.04. The number of hydrogen-bond acceptors (Lipinski definition) is 11. The van der Waals surface area contributed by atoms with E-state index in [4.69, 9.17) is 33.1 Å². The van der Waals surface area contributed by atoms with Crippen molar-refractivity contribution in [2.24, 2.45) is 23.7 Å². The number of carbonyl (C=O) groups is 4. The second-order valence-electron chi connectivity index (χ2n) is 19.6. The van der Waals surface area contributed by atoms with Gasteiger partial charge in [0.15, 0.2) is 8.32 Å². The molecule has 4 amide bonds. The van der Waals surface area contributed by atoms with Gasteiger partial charge < -0.3 is 43.8 Å². The van der Waals surface area contributed by atoms with Crippen molar-refractivity contribution >= 4 is 32.3 Å². The Labute approximate surface area is 340 Å². The summed E-state index contributed by atoms with van der Waals surface area (Å²) in [6.45, 7) is 18.5. The zero-order valence-corrected chi connectivity index (χ0v) is 36.6. The molecule has 1 spiro atoms. The highest BCUT2D eigenvalue weighted by molar-refractivity contribution is 6.74. The zero-order valence-electron chi connectivity index (χ0n) is 35.6. The number of rotatable bonds is 17. The topological polar surface area (TPSA) is 163 Å². The minimum atomic E-state index is -2.15. The number of morpholine rings is 1. The van der Waals surface area contributed by atoms with Gasteiger partial charge >= 0.3 is 12.2 Å². The standard InChI is InChI=1S/C41H70N4O11Si/c1-38(2,3)57(6,7)52-28-33(43-36(48)45-17-20-50-21-18-45)27-39(4,5)53-37(49)51-19-13-40(12-11-34(46)42-14-9-16-44-15-8-10-35(44)47)54-41(56-55-40)31-23-29-22-30(25-31)26-32(41)24-29/h29-33H,8-28H2,1-7H3,(H,42,46)(H,43,48)/t29?,30?,31?,32?,33-,40?,41?/m0/s1. The number of urea groups is 1. The van der Waals surface area contributed by atoms with Crippen LogP contribution in [0.25, 0.3) is 0 Å². The van der Waals surface area contributed by atoms with Crippen LogP contribution in [0.4, 0.5) is 9.59 Å². The molecule has 15 nitrogen and oxygen atoms in total. The Morgan fingerprint density at radius 2 is 1.63 bits per heavy atom. The van der Waals surface area contributed by atoms with E-state index in [9.17, 15) is 19.2 Å². The van der Waals surface area contributed by atoms with Crippen LogP contribution < -0.4 is 10.6 Å². The molecule has 0 aromatic heterocycles. The molecule has 3 heterocycles. The van der Waals surface area contributed by atoms with Crippen molar-refractivity contribution in [3.63, 3.8) is 0 Å². The SMILES string of the molecule is CC(C)(C[C@@H](CO[Si](C)(C)C(C)(C)C)NC(=O)N1CCOCC1)OC(=O)OCCC1(CCC(=O)NCCCN2CCCC2=O)OOC2(O1)C1CC3CC(C1)CC2C3. The molecule has 16 heteroatoms. The molecular weight excluding hydrogens is 753 g/mol. The monoisotopic (exact) mass is 822 g/mol. The molecular formula is C41H70N4O11Si. The first kappa shape index (κ1) is 44.1. The average molecular weight is 823 g/mol. The molecule has 0 aromatic carbocycles. The number of amides is 4. The van der Waals surface area contributed by atoms with Crippen molar-refractivity contribution in [3.05, 3.63) is 0 Å². The lowest BCUT2D eigenvalue weighted by Crippen LogP contribution is -2.59. The summed E-state index contributed by atoms with van der Waals surface area (Å²) in [7, 11) is -2.15. The Kier molecular flexibility index (Phi) is 13.9. The van der Waals surface area contributed by atoms with Gasteiger partial charge in [0.2, 0.25) is 23.4 Å². The summed E-state index contributed by atoms with van der Waals surface area (Å²) in [5, 5.41) is 6.09. The predicted molar refractivity (Wildman–Crippen MR) is 212 cm³/mol. The van der Waals surface area contributed by atoms with Crippen LogP contribution in [0.2, 0.25) is 18.1 Å². The van der Waals surface area contributed by atoms with Crippen molar-refractivity contribution in [1.29, 1.82) is 0 Å². The lowest BCUT2D eigenvalue weighted by atomic mass is 9.53. The Bertz CT molecular complexity index is 1410. The van der Waals surface area contributed by atoms with Gasteiger partial charge in [0.1, 0.15) is 12.2 Å². The number of carbonyl (C=O) groups excluding carboxylic acids is 4. The molecule has 7 aliphatic rings. The van der Waals surface area contributed by atoms with E-state index in [0.717, 1.165) is 38.6 Å². The lowest BCUT2D eigenvalue weighted by molar-refractivity contribution is -0.389. The van der Waals surface area contributed by atoms with Crippen molar-refractivity contribution in [2.75, 3.05) is 59.2 Å². The number of ether oxygens (including phenoxy) is 4. The van der Waals surface area contributed by atoms with Crippen molar-refractivity contribution in [3.8, 4) is 0 Å². The van der Waals surface area contributed by atoms with Gasteiger partial charge in [-0.25, -0.2) is 9.59 Å². The van der Waals surface area contributed by atoms with Crippen molar-refractivity contribution in [1.82, 2.24) is 20.4 Å². The quantitative estimate of drug-likeness (QED) is 0.0782. The predicted octanol–water partition coefficient (Wildman–Crippen LogP) is 5.87. The summed E-state index contributed by atoms with van der Waals surface area (Å²) < 4.78 is 30.4. The molecule has 4 saturated carbocycles.